The van der Waals surface area contributed by atoms with Crippen molar-refractivity contribution in [3.05, 3.63) is 131 Å². The molecule has 0 unspecified atom stereocenters. The van der Waals surface area contributed by atoms with E-state index >= 15 is 0 Å². The minimum atomic E-state index is -0.729. The third-order valence-electron chi connectivity index (χ3n) is 6.92. The summed E-state index contributed by atoms with van der Waals surface area (Å²) in [5, 5.41) is 5.46. The number of carbonyl (C=O) groups excluding carboxylic acids is 2. The molecule has 0 bridgehead atoms. The van der Waals surface area contributed by atoms with Crippen LogP contribution in [0.3, 0.4) is 0 Å². The van der Waals surface area contributed by atoms with E-state index in [2.05, 4.69) is 10.6 Å². The molecule has 51 heavy (non-hydrogen) atoms. The molecule has 2 amide bonds. The molecule has 0 aromatic heterocycles. The first-order valence-electron chi connectivity index (χ1n) is 16.5. The van der Waals surface area contributed by atoms with Crippen molar-refractivity contribution < 1.29 is 58.3 Å². The average Bonchev–Trinajstić information content (AvgIpc) is 3.86. The predicted octanol–water partition coefficient (Wildman–Crippen LogP) is 7.78. The summed E-state index contributed by atoms with van der Waals surface area (Å²) in [6.07, 6.45) is 0.581. The first kappa shape index (κ1) is 47.4. The number of carbonyl (C=O) groups is 2. The van der Waals surface area contributed by atoms with Gasteiger partial charge >= 0.3 is 21.7 Å². The average molecular weight is 747 g/mol. The van der Waals surface area contributed by atoms with E-state index in [1.165, 1.54) is 12.1 Å². The summed E-state index contributed by atoms with van der Waals surface area (Å²) in [7, 11) is 0. The Hall–Kier alpha value is -3.57. The van der Waals surface area contributed by atoms with E-state index in [1.807, 2.05) is 86.6 Å². The van der Waals surface area contributed by atoms with Crippen molar-refractivity contribution in [1.82, 2.24) is 10.6 Å². The Balaban J connectivity index is 0.000000754. The van der Waals surface area contributed by atoms with E-state index in [4.69, 9.17) is 9.47 Å². The number of hydrogen-bond donors (Lipinski definition) is 2. The van der Waals surface area contributed by atoms with Crippen molar-refractivity contribution >= 4 is 11.8 Å². The molecule has 6 nitrogen and oxygen atoms in total. The Labute approximate surface area is 315 Å². The zero-order valence-corrected chi connectivity index (χ0v) is 31.9. The summed E-state index contributed by atoms with van der Waals surface area (Å²) in [5.74, 6) is -3.20. The third kappa shape index (κ3) is 20.8. The molecule has 0 saturated heterocycles. The van der Waals surface area contributed by atoms with Gasteiger partial charge in [0, 0.05) is 49.6 Å². The fourth-order valence-electron chi connectivity index (χ4n) is 3.92. The summed E-state index contributed by atoms with van der Waals surface area (Å²) in [6, 6.07) is 29.0. The van der Waals surface area contributed by atoms with Crippen molar-refractivity contribution in [2.24, 2.45) is 10.8 Å². The van der Waals surface area contributed by atoms with Crippen LogP contribution in [0.25, 0.3) is 0 Å². The van der Waals surface area contributed by atoms with Crippen molar-refractivity contribution in [3.63, 3.8) is 0 Å². The van der Waals surface area contributed by atoms with Crippen molar-refractivity contribution in [3.8, 4) is 0 Å². The maximum atomic E-state index is 13.3. The molecule has 0 spiro atoms. The summed E-state index contributed by atoms with van der Waals surface area (Å²) in [6.45, 7) is 13.2. The fraction of sp³-hybridized carbons (Fsp3) is 0.400. The molecule has 0 fully saturated rings. The minimum absolute atomic E-state index is 0. The first-order chi connectivity index (χ1) is 23.7. The van der Waals surface area contributed by atoms with Crippen LogP contribution in [-0.4, -0.2) is 51.3 Å². The molecule has 4 aromatic carbocycles. The van der Waals surface area contributed by atoms with Crippen LogP contribution in [0, 0.1) is 46.2 Å². The van der Waals surface area contributed by atoms with E-state index < -0.39 is 34.1 Å². The van der Waals surface area contributed by atoms with Crippen molar-refractivity contribution in [2.45, 2.75) is 54.4 Å². The van der Waals surface area contributed by atoms with Gasteiger partial charge in [0.1, 0.15) is 0 Å². The molecule has 4 rings (SSSR count). The molecular formula is C40H50F4N2O4Ti. The summed E-state index contributed by atoms with van der Waals surface area (Å²) >= 11 is 0. The van der Waals surface area contributed by atoms with Gasteiger partial charge < -0.3 is 20.1 Å². The molecule has 0 radical (unpaired) electrons. The van der Waals surface area contributed by atoms with Gasteiger partial charge in [-0.1, -0.05) is 12.8 Å². The van der Waals surface area contributed by atoms with Gasteiger partial charge in [0.05, 0.1) is 24.0 Å². The normalized spacial score (nSPS) is 10.5. The van der Waals surface area contributed by atoms with Crippen LogP contribution < -0.4 is 10.6 Å². The second-order valence-corrected chi connectivity index (χ2v) is 12.3. The molecule has 0 aliphatic carbocycles. The van der Waals surface area contributed by atoms with Gasteiger partial charge in [0.25, 0.3) is 0 Å². The molecule has 0 saturated carbocycles. The van der Waals surface area contributed by atoms with E-state index in [1.54, 1.807) is 27.7 Å². The largest absolute Gasteiger partial charge is 4.00 e. The fourth-order valence-corrected chi connectivity index (χ4v) is 3.92. The molecule has 2 N–H and O–H groups in total. The zero-order valence-electron chi connectivity index (χ0n) is 30.4. The maximum absolute atomic E-state index is 13.3. The van der Waals surface area contributed by atoms with Crippen LogP contribution in [-0.2, 0) is 53.6 Å². The van der Waals surface area contributed by atoms with Gasteiger partial charge in [-0.05, 0) is 41.5 Å². The van der Waals surface area contributed by atoms with E-state index in [0.717, 1.165) is 12.1 Å². The monoisotopic (exact) mass is 746 g/mol. The van der Waals surface area contributed by atoms with E-state index in [0.29, 0.717) is 50.4 Å². The zero-order chi connectivity index (χ0) is 37.4. The van der Waals surface area contributed by atoms with Crippen molar-refractivity contribution in [2.75, 3.05) is 39.5 Å². The number of nitrogens with one attached hydrogen (secondary N) is 2. The summed E-state index contributed by atoms with van der Waals surface area (Å²) in [4.78, 5) is 23.9. The Morgan fingerprint density at radius 2 is 0.980 bits per heavy atom. The number of amides is 2. The second-order valence-electron chi connectivity index (χ2n) is 12.3. The number of ether oxygens (including phenoxy) is 2. The topological polar surface area (TPSA) is 76.7 Å². The number of hydrogen-bond acceptors (Lipinski definition) is 4. The third-order valence-corrected chi connectivity index (χ3v) is 6.92. The predicted molar refractivity (Wildman–Crippen MR) is 188 cm³/mol. The van der Waals surface area contributed by atoms with Gasteiger partial charge in [-0.15, -0.1) is 35.4 Å². The molecule has 4 aromatic rings. The first-order valence-corrected chi connectivity index (χ1v) is 16.5. The molecule has 276 valence electrons. The number of benzene rings is 2. The molecular weight excluding hydrogens is 696 g/mol. The van der Waals surface area contributed by atoms with Gasteiger partial charge in [-0.3, -0.25) is 9.59 Å². The second kappa shape index (κ2) is 26.2. The quantitative estimate of drug-likeness (QED) is 0.0786. The van der Waals surface area contributed by atoms with Crippen LogP contribution in [0.1, 0.15) is 52.7 Å². The number of halogens is 4. The molecule has 0 atom stereocenters. The van der Waals surface area contributed by atoms with Gasteiger partial charge in [-0.25, -0.2) is 41.8 Å². The van der Waals surface area contributed by atoms with Crippen molar-refractivity contribution in [1.29, 1.82) is 0 Å². The van der Waals surface area contributed by atoms with Crippen LogP contribution in [0.2, 0.25) is 0 Å². The van der Waals surface area contributed by atoms with Gasteiger partial charge in [0.15, 0.2) is 0 Å². The standard InChI is InChI=1S/2C15H20F2NO2.2C5H5.Ti/c2*1-4-20-10-15(2,3)14(19)18-8-7-11-5-6-12(16)9-13(11)17;2*1-2-4-5-3-1;/h2*5-6H,4,7-8,10H2,1-3H3,(H,18,19);2*1-5H;/q4*-1;+4. The molecule has 11 heteroatoms. The SMILES string of the molecule is CCOCC(C)(C)C(=O)NCCc1ccc(F)[c-]c1F.CCOCC(C)(C)C(=O)NCCc1ccc(F)[c-]c1F.[Ti+4].c1cc[cH-]c1.c1cc[cH-]c1. The Morgan fingerprint density at radius 1 is 0.647 bits per heavy atom. The maximum Gasteiger partial charge on any atom is 4.00 e. The summed E-state index contributed by atoms with van der Waals surface area (Å²) in [5.41, 5.74) is -0.615. The smallest absolute Gasteiger partial charge is 0.381 e. The van der Waals surface area contributed by atoms with Crippen LogP contribution in [0.5, 0.6) is 0 Å². The van der Waals surface area contributed by atoms with Gasteiger partial charge in [-0.2, -0.15) is 48.5 Å². The molecule has 0 aliphatic rings. The molecule has 0 heterocycles. The van der Waals surface area contributed by atoms with Crippen LogP contribution >= 0.6 is 0 Å². The van der Waals surface area contributed by atoms with E-state index in [-0.39, 0.29) is 46.6 Å². The Kier molecular flexibility index (Phi) is 24.4. The van der Waals surface area contributed by atoms with E-state index in [9.17, 15) is 27.2 Å². The minimum Gasteiger partial charge on any atom is -0.381 e. The Morgan fingerprint density at radius 3 is 1.24 bits per heavy atom. The molecule has 0 aliphatic heterocycles. The summed E-state index contributed by atoms with van der Waals surface area (Å²) < 4.78 is 62.6. The van der Waals surface area contributed by atoms with Gasteiger partial charge in [0.2, 0.25) is 11.8 Å². The Bertz CT molecular complexity index is 1330. The number of rotatable bonds is 14. The van der Waals surface area contributed by atoms with Crippen LogP contribution in [0.4, 0.5) is 17.6 Å². The van der Waals surface area contributed by atoms with Crippen LogP contribution in [0.15, 0.2) is 84.9 Å².